The van der Waals surface area contributed by atoms with E-state index in [-0.39, 0.29) is 13.2 Å². The maximum atomic E-state index is 11.5. The van der Waals surface area contributed by atoms with Gasteiger partial charge in [-0.3, -0.25) is 4.98 Å². The van der Waals surface area contributed by atoms with Crippen molar-refractivity contribution >= 4 is 27.6 Å². The number of esters is 1. The maximum Gasteiger partial charge on any atom is 0.339 e. The number of ether oxygens (including phenoxy) is 1. The molecule has 0 aliphatic heterocycles. The highest BCUT2D eigenvalue weighted by atomic mass is 33.1. The molecule has 0 fully saturated rings. The summed E-state index contributed by atoms with van der Waals surface area (Å²) in [5, 5.41) is 9.03. The number of hydrogen-bond donors (Lipinski definition) is 0. The van der Waals surface area contributed by atoms with E-state index in [4.69, 9.17) is 4.74 Å². The predicted octanol–water partition coefficient (Wildman–Crippen LogP) is 1.83. The molecule has 1 aromatic rings. The Balaban J connectivity index is 1.99. The normalized spacial score (nSPS) is 9.89. The molecule has 0 unspecified atom stereocenters. The zero-order valence-electron chi connectivity index (χ0n) is 9.89. The zero-order chi connectivity index (χ0) is 13.9. The van der Waals surface area contributed by atoms with Crippen LogP contribution in [-0.2, 0) is 9.57 Å². The van der Waals surface area contributed by atoms with E-state index in [0.29, 0.717) is 17.1 Å². The van der Waals surface area contributed by atoms with Crippen LogP contribution in [0.3, 0.4) is 0 Å². The van der Waals surface area contributed by atoms with Crippen molar-refractivity contribution in [3.05, 3.63) is 40.2 Å². The van der Waals surface area contributed by atoms with Gasteiger partial charge in [-0.1, -0.05) is 21.6 Å². The second-order valence-corrected chi connectivity index (χ2v) is 5.78. The third-order valence-electron chi connectivity index (χ3n) is 1.74. The molecule has 19 heavy (non-hydrogen) atoms. The minimum absolute atomic E-state index is 0.0557. The fourth-order valence-corrected chi connectivity index (χ4v) is 2.64. The summed E-state index contributed by atoms with van der Waals surface area (Å²) in [5.74, 6) is 0.701. The first-order valence-corrected chi connectivity index (χ1v) is 7.78. The van der Waals surface area contributed by atoms with E-state index in [1.165, 1.54) is 27.8 Å². The van der Waals surface area contributed by atoms with Gasteiger partial charge in [0.2, 0.25) is 0 Å². The van der Waals surface area contributed by atoms with Crippen molar-refractivity contribution in [1.29, 1.82) is 0 Å². The highest BCUT2D eigenvalue weighted by Gasteiger charge is 2.05. The molecule has 7 nitrogen and oxygen atoms in total. The zero-order valence-corrected chi connectivity index (χ0v) is 11.5. The summed E-state index contributed by atoms with van der Waals surface area (Å²) in [4.78, 5) is 29.3. The lowest BCUT2D eigenvalue weighted by Gasteiger charge is -2.04. The van der Waals surface area contributed by atoms with E-state index in [2.05, 4.69) is 9.82 Å². The molecule has 0 aromatic carbocycles. The number of pyridine rings is 1. The van der Waals surface area contributed by atoms with Gasteiger partial charge in [0.25, 0.3) is 5.09 Å². The number of carbonyl (C=O) groups excluding carboxylic acids is 1. The van der Waals surface area contributed by atoms with Gasteiger partial charge in [-0.2, -0.15) is 0 Å². The number of carbonyl (C=O) groups is 1. The standard InChI is InChI=1S/C10H12N2O5S2/c13-10(9-2-1-3-11-8-9)16-4-6-18-19-7-5-17-12(14)15/h1-3,8H,4-7H2. The molecule has 0 amide bonds. The van der Waals surface area contributed by atoms with Crippen molar-refractivity contribution in [3.63, 3.8) is 0 Å². The Hall–Kier alpha value is -1.48. The lowest BCUT2D eigenvalue weighted by molar-refractivity contribution is -0.756. The number of hydrogen-bond acceptors (Lipinski definition) is 8. The molecule has 104 valence electrons. The van der Waals surface area contributed by atoms with Crippen molar-refractivity contribution in [2.24, 2.45) is 0 Å². The SMILES string of the molecule is O=C(OCCSSCCO[N+](=O)[O-])c1cccnc1. The van der Waals surface area contributed by atoms with Crippen LogP contribution < -0.4 is 0 Å². The van der Waals surface area contributed by atoms with Crippen LogP contribution in [0.25, 0.3) is 0 Å². The summed E-state index contributed by atoms with van der Waals surface area (Å²) in [6.45, 7) is 0.335. The third kappa shape index (κ3) is 7.52. The van der Waals surface area contributed by atoms with Gasteiger partial charge in [0.1, 0.15) is 13.2 Å². The average Bonchev–Trinajstić information content (AvgIpc) is 2.42. The topological polar surface area (TPSA) is 91.6 Å². The first-order chi connectivity index (χ1) is 9.20. The van der Waals surface area contributed by atoms with E-state index >= 15 is 0 Å². The first kappa shape index (κ1) is 15.6. The molecule has 0 spiro atoms. The van der Waals surface area contributed by atoms with Gasteiger partial charge >= 0.3 is 5.97 Å². The van der Waals surface area contributed by atoms with Gasteiger partial charge in [0.05, 0.1) is 5.56 Å². The quantitative estimate of drug-likeness (QED) is 0.224. The number of rotatable bonds is 9. The molecule has 0 saturated heterocycles. The van der Waals surface area contributed by atoms with Crippen LogP contribution in [0.15, 0.2) is 24.5 Å². The Morgan fingerprint density at radius 1 is 1.37 bits per heavy atom. The predicted molar refractivity (Wildman–Crippen MR) is 72.4 cm³/mol. The van der Waals surface area contributed by atoms with Crippen LogP contribution in [0, 0.1) is 10.1 Å². The third-order valence-corrected chi connectivity index (χ3v) is 4.08. The van der Waals surface area contributed by atoms with Gasteiger partial charge < -0.3 is 9.57 Å². The highest BCUT2D eigenvalue weighted by molar-refractivity contribution is 8.76. The van der Waals surface area contributed by atoms with Crippen LogP contribution in [0.5, 0.6) is 0 Å². The summed E-state index contributed by atoms with van der Waals surface area (Å²) < 4.78 is 5.02. The first-order valence-electron chi connectivity index (χ1n) is 5.29. The molecule has 1 heterocycles. The summed E-state index contributed by atoms with van der Waals surface area (Å²) in [6.07, 6.45) is 3.02. The molecule has 1 aromatic heterocycles. The smallest absolute Gasteiger partial charge is 0.339 e. The Morgan fingerprint density at radius 3 is 2.74 bits per heavy atom. The molecular weight excluding hydrogens is 292 g/mol. The van der Waals surface area contributed by atoms with Crippen molar-refractivity contribution < 1.29 is 19.5 Å². The summed E-state index contributed by atoms with van der Waals surface area (Å²) in [6, 6.07) is 3.29. The molecule has 9 heteroatoms. The van der Waals surface area contributed by atoms with Gasteiger partial charge in [-0.25, -0.2) is 4.79 Å². The van der Waals surface area contributed by atoms with E-state index in [1.807, 2.05) is 0 Å². The molecular formula is C10H12N2O5S2. The molecule has 0 atom stereocenters. The van der Waals surface area contributed by atoms with Gasteiger partial charge in [-0.15, -0.1) is 10.1 Å². The van der Waals surface area contributed by atoms with Gasteiger partial charge in [0.15, 0.2) is 0 Å². The maximum absolute atomic E-state index is 11.5. The van der Waals surface area contributed by atoms with Crippen LogP contribution >= 0.6 is 21.6 Å². The fraction of sp³-hybridized carbons (Fsp3) is 0.400. The lowest BCUT2D eigenvalue weighted by Crippen LogP contribution is -2.08. The summed E-state index contributed by atoms with van der Waals surface area (Å²) >= 11 is 0. The molecule has 1 rings (SSSR count). The van der Waals surface area contributed by atoms with Crippen LogP contribution in [0.1, 0.15) is 10.4 Å². The Morgan fingerprint density at radius 2 is 2.11 bits per heavy atom. The monoisotopic (exact) mass is 304 g/mol. The number of aromatic nitrogens is 1. The molecule has 0 saturated carbocycles. The van der Waals surface area contributed by atoms with Gasteiger partial charge in [0, 0.05) is 23.9 Å². The van der Waals surface area contributed by atoms with E-state index in [1.54, 1.807) is 18.3 Å². The average molecular weight is 304 g/mol. The fourth-order valence-electron chi connectivity index (χ4n) is 0.999. The van der Waals surface area contributed by atoms with Crippen molar-refractivity contribution in [2.45, 2.75) is 0 Å². The molecule has 0 aliphatic rings. The molecule has 0 N–H and O–H groups in total. The number of nitrogens with zero attached hydrogens (tertiary/aromatic N) is 2. The second-order valence-electron chi connectivity index (χ2n) is 3.08. The van der Waals surface area contributed by atoms with Crippen LogP contribution in [0.4, 0.5) is 0 Å². The largest absolute Gasteiger partial charge is 0.461 e. The van der Waals surface area contributed by atoms with Crippen LogP contribution in [-0.4, -0.2) is 40.8 Å². The minimum atomic E-state index is -0.819. The van der Waals surface area contributed by atoms with Crippen molar-refractivity contribution in [1.82, 2.24) is 4.98 Å². The molecule has 0 aliphatic carbocycles. The van der Waals surface area contributed by atoms with E-state index < -0.39 is 11.1 Å². The Kier molecular flexibility index (Phi) is 7.75. The summed E-state index contributed by atoms with van der Waals surface area (Å²) in [5.41, 5.74) is 0.416. The molecule has 0 radical (unpaired) electrons. The highest BCUT2D eigenvalue weighted by Crippen LogP contribution is 2.20. The molecule has 0 bridgehead atoms. The second kappa shape index (κ2) is 9.45. The van der Waals surface area contributed by atoms with E-state index in [9.17, 15) is 14.9 Å². The van der Waals surface area contributed by atoms with Crippen molar-refractivity contribution in [2.75, 3.05) is 24.7 Å². The van der Waals surface area contributed by atoms with E-state index in [0.717, 1.165) is 0 Å². The van der Waals surface area contributed by atoms with Crippen LogP contribution in [0.2, 0.25) is 0 Å². The lowest BCUT2D eigenvalue weighted by atomic mass is 10.3. The van der Waals surface area contributed by atoms with Crippen molar-refractivity contribution in [3.8, 4) is 0 Å². The summed E-state index contributed by atoms with van der Waals surface area (Å²) in [7, 11) is 2.89. The Labute approximate surface area is 117 Å². The minimum Gasteiger partial charge on any atom is -0.461 e. The van der Waals surface area contributed by atoms with Gasteiger partial charge in [-0.05, 0) is 12.1 Å². The Bertz CT molecular complexity index is 404.